The summed E-state index contributed by atoms with van der Waals surface area (Å²) in [6.07, 6.45) is 0. The molecule has 0 spiro atoms. The number of ketones is 1. The highest BCUT2D eigenvalue weighted by Gasteiger charge is 2.10. The van der Waals surface area contributed by atoms with E-state index in [2.05, 4.69) is 0 Å². The van der Waals surface area contributed by atoms with E-state index in [-0.39, 0.29) is 17.6 Å². The van der Waals surface area contributed by atoms with Crippen molar-refractivity contribution in [2.24, 2.45) is 0 Å². The third kappa shape index (κ3) is 3.54. The maximum Gasteiger partial charge on any atom is 0.145 e. The quantitative estimate of drug-likeness (QED) is 0.637. The van der Waals surface area contributed by atoms with Gasteiger partial charge >= 0.3 is 0 Å². The van der Waals surface area contributed by atoms with Crippen LogP contribution in [0.15, 0.2) is 0 Å². The molecule has 0 rings (SSSR count). The van der Waals surface area contributed by atoms with Crippen LogP contribution in [-0.2, 0) is 4.79 Å². The lowest BCUT2D eigenvalue weighted by atomic mass is 10.3. The monoisotopic (exact) mass is 148 g/mol. The summed E-state index contributed by atoms with van der Waals surface area (Å²) in [5.74, 6) is 0.939. The Morgan fingerprint density at radius 1 is 1.78 bits per heavy atom. The third-order valence-electron chi connectivity index (χ3n) is 0.987. The molecule has 0 aromatic carbocycles. The zero-order chi connectivity index (χ0) is 7.28. The van der Waals surface area contributed by atoms with Gasteiger partial charge in [0.05, 0.1) is 11.9 Å². The molecule has 2 nitrogen and oxygen atoms in total. The number of rotatable bonds is 4. The highest BCUT2D eigenvalue weighted by Crippen LogP contribution is 2.09. The van der Waals surface area contributed by atoms with Gasteiger partial charge in [-0.1, -0.05) is 6.92 Å². The molecule has 0 aliphatic rings. The fourth-order valence-electron chi connectivity index (χ4n) is 0.500. The van der Waals surface area contributed by atoms with Gasteiger partial charge in [0.25, 0.3) is 0 Å². The first-order valence-electron chi connectivity index (χ1n) is 2.95. The van der Waals surface area contributed by atoms with E-state index >= 15 is 0 Å². The van der Waals surface area contributed by atoms with E-state index in [1.54, 1.807) is 0 Å². The normalized spacial score (nSPS) is 13.2. The van der Waals surface area contributed by atoms with Crippen molar-refractivity contribution in [2.45, 2.75) is 19.1 Å². The van der Waals surface area contributed by atoms with Crippen molar-refractivity contribution >= 4 is 17.5 Å². The topological polar surface area (TPSA) is 37.3 Å². The number of carbonyl (C=O) groups excluding carboxylic acids is 1. The van der Waals surface area contributed by atoms with Crippen molar-refractivity contribution in [1.82, 2.24) is 0 Å². The molecule has 0 aromatic heterocycles. The number of aliphatic hydroxyl groups excluding tert-OH is 1. The van der Waals surface area contributed by atoms with E-state index in [0.29, 0.717) is 0 Å². The van der Waals surface area contributed by atoms with Crippen LogP contribution in [0, 0.1) is 0 Å². The third-order valence-corrected chi connectivity index (χ3v) is 2.20. The van der Waals surface area contributed by atoms with Crippen molar-refractivity contribution < 1.29 is 9.90 Å². The molecule has 0 radical (unpaired) electrons. The van der Waals surface area contributed by atoms with Gasteiger partial charge in [-0.2, -0.15) is 0 Å². The summed E-state index contributed by atoms with van der Waals surface area (Å²) >= 11 is 1.48. The van der Waals surface area contributed by atoms with E-state index in [9.17, 15) is 4.79 Å². The van der Waals surface area contributed by atoms with E-state index in [0.717, 1.165) is 5.75 Å². The van der Waals surface area contributed by atoms with Gasteiger partial charge in [-0.15, -0.1) is 11.8 Å². The van der Waals surface area contributed by atoms with Gasteiger partial charge in [0.15, 0.2) is 0 Å². The first kappa shape index (κ1) is 8.98. The second kappa shape index (κ2) is 4.82. The van der Waals surface area contributed by atoms with Crippen LogP contribution in [-0.4, -0.2) is 28.5 Å². The lowest BCUT2D eigenvalue weighted by Gasteiger charge is -2.06. The Balaban J connectivity index is 3.54. The molecular formula is C6H12O2S. The maximum absolute atomic E-state index is 10.6. The minimum atomic E-state index is -0.199. The molecule has 0 aliphatic carbocycles. The van der Waals surface area contributed by atoms with Crippen LogP contribution in [0.25, 0.3) is 0 Å². The number of aliphatic hydroxyl groups is 1. The van der Waals surface area contributed by atoms with E-state index in [1.807, 2.05) is 6.92 Å². The Hall–Kier alpha value is -0.0200. The van der Waals surface area contributed by atoms with E-state index < -0.39 is 0 Å². The predicted octanol–water partition coefficient (Wildman–Crippen LogP) is 0.689. The largest absolute Gasteiger partial charge is 0.395 e. The molecule has 0 aliphatic heterocycles. The summed E-state index contributed by atoms with van der Waals surface area (Å²) in [6.45, 7) is 3.44. The molecule has 0 amide bonds. The van der Waals surface area contributed by atoms with Crippen LogP contribution >= 0.6 is 11.8 Å². The standard InChI is InChI=1S/C6H12O2S/c1-3-9-6(4-7)5(2)8/h6-7H,3-4H2,1-2H3. The maximum atomic E-state index is 10.6. The predicted molar refractivity (Wildman–Crippen MR) is 39.7 cm³/mol. The summed E-state index contributed by atoms with van der Waals surface area (Å²) in [7, 11) is 0. The second-order valence-electron chi connectivity index (χ2n) is 1.74. The molecule has 0 fully saturated rings. The second-order valence-corrected chi connectivity index (χ2v) is 3.22. The van der Waals surface area contributed by atoms with Gasteiger partial charge in [0.2, 0.25) is 0 Å². The average molecular weight is 148 g/mol. The molecule has 0 bridgehead atoms. The van der Waals surface area contributed by atoms with Gasteiger partial charge in [-0.25, -0.2) is 0 Å². The molecule has 0 saturated carbocycles. The lowest BCUT2D eigenvalue weighted by Crippen LogP contribution is -2.18. The van der Waals surface area contributed by atoms with Gasteiger partial charge in [0.1, 0.15) is 5.78 Å². The minimum Gasteiger partial charge on any atom is -0.395 e. The molecule has 3 heteroatoms. The van der Waals surface area contributed by atoms with Crippen molar-refractivity contribution in [3.05, 3.63) is 0 Å². The zero-order valence-corrected chi connectivity index (χ0v) is 6.57. The van der Waals surface area contributed by atoms with Crippen LogP contribution < -0.4 is 0 Å². The van der Waals surface area contributed by atoms with Crippen LogP contribution in [0.2, 0.25) is 0 Å². The van der Waals surface area contributed by atoms with Gasteiger partial charge in [-0.3, -0.25) is 4.79 Å². The van der Waals surface area contributed by atoms with Crippen LogP contribution in [0.1, 0.15) is 13.8 Å². The fraction of sp³-hybridized carbons (Fsp3) is 0.833. The van der Waals surface area contributed by atoms with E-state index in [1.165, 1.54) is 18.7 Å². The van der Waals surface area contributed by atoms with Crippen LogP contribution in [0.4, 0.5) is 0 Å². The number of hydrogen-bond acceptors (Lipinski definition) is 3. The lowest BCUT2D eigenvalue weighted by molar-refractivity contribution is -0.117. The summed E-state index contributed by atoms with van der Waals surface area (Å²) < 4.78 is 0. The summed E-state index contributed by atoms with van der Waals surface area (Å²) in [6, 6.07) is 0. The molecule has 1 N–H and O–H groups in total. The zero-order valence-electron chi connectivity index (χ0n) is 5.76. The molecule has 1 unspecified atom stereocenters. The number of thioether (sulfide) groups is 1. The Kier molecular flexibility index (Phi) is 4.81. The Bertz CT molecular complexity index is 93.1. The smallest absolute Gasteiger partial charge is 0.145 e. The molecule has 9 heavy (non-hydrogen) atoms. The number of hydrogen-bond donors (Lipinski definition) is 1. The Labute approximate surface area is 59.6 Å². The molecule has 0 heterocycles. The fourth-order valence-corrected chi connectivity index (χ4v) is 1.24. The van der Waals surface area contributed by atoms with Gasteiger partial charge in [0, 0.05) is 0 Å². The van der Waals surface area contributed by atoms with Crippen molar-refractivity contribution in [2.75, 3.05) is 12.4 Å². The first-order chi connectivity index (χ1) is 4.22. The molecule has 54 valence electrons. The molecule has 0 aromatic rings. The Morgan fingerprint density at radius 2 is 2.33 bits per heavy atom. The SMILES string of the molecule is CCSC(CO)C(C)=O. The number of carbonyl (C=O) groups is 1. The van der Waals surface area contributed by atoms with E-state index in [4.69, 9.17) is 5.11 Å². The highest BCUT2D eigenvalue weighted by molar-refractivity contribution is 8.00. The highest BCUT2D eigenvalue weighted by atomic mass is 32.2. The van der Waals surface area contributed by atoms with Crippen LogP contribution in [0.5, 0.6) is 0 Å². The summed E-state index contributed by atoms with van der Waals surface area (Å²) in [4.78, 5) is 10.6. The molecular weight excluding hydrogens is 136 g/mol. The van der Waals surface area contributed by atoms with Gasteiger partial charge in [-0.05, 0) is 12.7 Å². The number of Topliss-reactive ketones (excluding diaryl/α,β-unsaturated/α-hetero) is 1. The van der Waals surface area contributed by atoms with Crippen molar-refractivity contribution in [3.63, 3.8) is 0 Å². The first-order valence-corrected chi connectivity index (χ1v) is 4.00. The van der Waals surface area contributed by atoms with Crippen molar-refractivity contribution in [3.8, 4) is 0 Å². The van der Waals surface area contributed by atoms with Crippen LogP contribution in [0.3, 0.4) is 0 Å². The minimum absolute atomic E-state index is 0.0339. The summed E-state index contributed by atoms with van der Waals surface area (Å²) in [5, 5.41) is 8.39. The van der Waals surface area contributed by atoms with Crippen molar-refractivity contribution in [1.29, 1.82) is 0 Å². The Morgan fingerprint density at radius 3 is 2.44 bits per heavy atom. The summed E-state index contributed by atoms with van der Waals surface area (Å²) in [5.41, 5.74) is 0. The molecule has 1 atom stereocenters. The molecule has 0 saturated heterocycles. The average Bonchev–Trinajstić information content (AvgIpc) is 1.82. The van der Waals surface area contributed by atoms with Gasteiger partial charge < -0.3 is 5.11 Å².